The Morgan fingerprint density at radius 3 is 2.62 bits per heavy atom. The van der Waals surface area contributed by atoms with Gasteiger partial charge in [-0.1, -0.05) is 12.1 Å². The minimum absolute atomic E-state index is 0.00284. The molecule has 1 aliphatic heterocycles. The highest BCUT2D eigenvalue weighted by molar-refractivity contribution is 5.99. The van der Waals surface area contributed by atoms with Crippen molar-refractivity contribution in [2.45, 2.75) is 39.3 Å². The average molecular weight is 327 g/mol. The molecule has 3 N–H and O–H groups in total. The first kappa shape index (κ1) is 16.1. The molecular weight excluding hydrogens is 306 g/mol. The van der Waals surface area contributed by atoms with Gasteiger partial charge in [-0.3, -0.25) is 4.79 Å². The lowest BCUT2D eigenvalue weighted by Crippen LogP contribution is -2.38. The van der Waals surface area contributed by atoms with Crippen LogP contribution in [0.25, 0.3) is 0 Å². The van der Waals surface area contributed by atoms with Crippen LogP contribution in [0, 0.1) is 6.92 Å². The Bertz CT molecular complexity index is 782. The number of amides is 3. The van der Waals surface area contributed by atoms with Crippen molar-refractivity contribution in [3.8, 4) is 0 Å². The Kier molecular flexibility index (Phi) is 4.29. The summed E-state index contributed by atoms with van der Waals surface area (Å²) in [6.07, 6.45) is 0.386. The number of nitrogens with one attached hydrogen (secondary N) is 3. The van der Waals surface area contributed by atoms with Crippen molar-refractivity contribution in [1.29, 1.82) is 0 Å². The summed E-state index contributed by atoms with van der Waals surface area (Å²) in [5.41, 5.74) is 2.77. The molecule has 0 saturated heterocycles. The second-order valence-corrected chi connectivity index (χ2v) is 6.15. The maximum atomic E-state index is 12.2. The second-order valence-electron chi connectivity index (χ2n) is 6.15. The predicted octanol–water partition coefficient (Wildman–Crippen LogP) is 3.20. The van der Waals surface area contributed by atoms with Gasteiger partial charge in [0.15, 0.2) is 0 Å². The topological polar surface area (TPSA) is 83.4 Å². The van der Waals surface area contributed by atoms with E-state index in [2.05, 4.69) is 16.0 Å². The summed E-state index contributed by atoms with van der Waals surface area (Å²) < 4.78 is 5.51. The van der Waals surface area contributed by atoms with E-state index in [9.17, 15) is 9.59 Å². The smallest absolute Gasteiger partial charge is 0.315 e. The number of aryl methyl sites for hydroxylation is 1. The van der Waals surface area contributed by atoms with Crippen molar-refractivity contribution in [3.63, 3.8) is 0 Å². The van der Waals surface area contributed by atoms with Crippen LogP contribution in [0.2, 0.25) is 0 Å². The Morgan fingerprint density at radius 1 is 1.17 bits per heavy atom. The van der Waals surface area contributed by atoms with Crippen LogP contribution in [0.5, 0.6) is 0 Å². The van der Waals surface area contributed by atoms with Gasteiger partial charge in [0.05, 0.1) is 18.5 Å². The quantitative estimate of drug-likeness (QED) is 0.806. The van der Waals surface area contributed by atoms with Gasteiger partial charge in [-0.05, 0) is 50.1 Å². The molecule has 1 aliphatic rings. The van der Waals surface area contributed by atoms with Gasteiger partial charge in [0.25, 0.3) is 0 Å². The zero-order chi connectivity index (χ0) is 17.3. The first-order chi connectivity index (χ1) is 11.4. The molecule has 0 saturated carbocycles. The highest BCUT2D eigenvalue weighted by Gasteiger charge is 2.20. The largest absolute Gasteiger partial charge is 0.464 e. The fourth-order valence-corrected chi connectivity index (χ4v) is 2.79. The Labute approximate surface area is 140 Å². The summed E-state index contributed by atoms with van der Waals surface area (Å²) in [7, 11) is 0. The monoisotopic (exact) mass is 327 g/mol. The molecule has 2 atom stereocenters. The molecule has 6 nitrogen and oxygen atoms in total. The van der Waals surface area contributed by atoms with E-state index in [1.807, 2.05) is 51.1 Å². The minimum Gasteiger partial charge on any atom is -0.464 e. The standard InChI is InChI=1S/C18H21N3O3/c1-10-4-7-16(24-10)12(3)20-18(23)19-11(2)13-5-6-15-14(8-13)9-17(22)21-15/h4-8,11-12H,9H2,1-3H3,(H,21,22)(H2,19,20,23)/t11-,12+/m1/s1. The fourth-order valence-electron chi connectivity index (χ4n) is 2.79. The number of carbonyl (C=O) groups excluding carboxylic acids is 2. The van der Waals surface area contributed by atoms with E-state index in [-0.39, 0.29) is 24.0 Å². The van der Waals surface area contributed by atoms with E-state index in [0.29, 0.717) is 6.42 Å². The van der Waals surface area contributed by atoms with Crippen molar-refractivity contribution in [2.75, 3.05) is 5.32 Å². The van der Waals surface area contributed by atoms with E-state index < -0.39 is 0 Å². The van der Waals surface area contributed by atoms with Gasteiger partial charge >= 0.3 is 6.03 Å². The maximum Gasteiger partial charge on any atom is 0.315 e. The first-order valence-corrected chi connectivity index (χ1v) is 7.98. The minimum atomic E-state index is -0.265. The molecule has 0 bridgehead atoms. The lowest BCUT2D eigenvalue weighted by atomic mass is 10.0. The van der Waals surface area contributed by atoms with Gasteiger partial charge in [0.1, 0.15) is 11.5 Å². The molecule has 1 aromatic heterocycles. The lowest BCUT2D eigenvalue weighted by Gasteiger charge is -2.18. The maximum absolute atomic E-state index is 12.2. The Hall–Kier alpha value is -2.76. The van der Waals surface area contributed by atoms with Gasteiger partial charge in [-0.25, -0.2) is 4.79 Å². The van der Waals surface area contributed by atoms with Crippen LogP contribution in [-0.4, -0.2) is 11.9 Å². The van der Waals surface area contributed by atoms with Crippen LogP contribution in [0.1, 0.15) is 48.6 Å². The molecule has 2 aromatic rings. The van der Waals surface area contributed by atoms with E-state index >= 15 is 0 Å². The van der Waals surface area contributed by atoms with E-state index in [4.69, 9.17) is 4.42 Å². The van der Waals surface area contributed by atoms with Gasteiger partial charge in [0, 0.05) is 5.69 Å². The number of hydrogen-bond acceptors (Lipinski definition) is 3. The summed E-state index contributed by atoms with van der Waals surface area (Å²) in [6.45, 7) is 5.65. The highest BCUT2D eigenvalue weighted by atomic mass is 16.3. The first-order valence-electron chi connectivity index (χ1n) is 7.98. The van der Waals surface area contributed by atoms with E-state index in [1.54, 1.807) is 0 Å². The summed E-state index contributed by atoms with van der Waals surface area (Å²) in [4.78, 5) is 23.6. The normalized spacial score (nSPS) is 15.4. The third kappa shape index (κ3) is 3.42. The molecule has 0 aliphatic carbocycles. The zero-order valence-corrected chi connectivity index (χ0v) is 14.0. The van der Waals surface area contributed by atoms with E-state index in [0.717, 1.165) is 28.3 Å². The molecule has 6 heteroatoms. The molecule has 2 heterocycles. The van der Waals surface area contributed by atoms with Crippen LogP contribution in [-0.2, 0) is 11.2 Å². The lowest BCUT2D eigenvalue weighted by molar-refractivity contribution is -0.115. The molecule has 3 amide bonds. The van der Waals surface area contributed by atoms with Crippen LogP contribution in [0.3, 0.4) is 0 Å². The second kappa shape index (κ2) is 6.39. The van der Waals surface area contributed by atoms with Crippen LogP contribution < -0.4 is 16.0 Å². The number of fused-ring (bicyclic) bond motifs is 1. The third-order valence-corrected chi connectivity index (χ3v) is 4.14. The molecule has 0 fully saturated rings. The Morgan fingerprint density at radius 2 is 1.92 bits per heavy atom. The molecule has 3 rings (SSSR count). The number of urea groups is 1. The molecular formula is C18H21N3O3. The number of rotatable bonds is 4. The van der Waals surface area contributed by atoms with Crippen molar-refractivity contribution in [1.82, 2.24) is 10.6 Å². The van der Waals surface area contributed by atoms with Crippen molar-refractivity contribution in [2.24, 2.45) is 0 Å². The van der Waals surface area contributed by atoms with Crippen LogP contribution in [0.4, 0.5) is 10.5 Å². The zero-order valence-electron chi connectivity index (χ0n) is 14.0. The Balaban J connectivity index is 1.60. The molecule has 24 heavy (non-hydrogen) atoms. The number of furan rings is 1. The summed E-state index contributed by atoms with van der Waals surface area (Å²) >= 11 is 0. The predicted molar refractivity (Wildman–Crippen MR) is 90.7 cm³/mol. The summed E-state index contributed by atoms with van der Waals surface area (Å²) in [5.74, 6) is 1.54. The van der Waals surface area contributed by atoms with Gasteiger partial charge < -0.3 is 20.4 Å². The highest BCUT2D eigenvalue weighted by Crippen LogP contribution is 2.26. The number of hydrogen-bond donors (Lipinski definition) is 3. The number of anilines is 1. The fraction of sp³-hybridized carbons (Fsp3) is 0.333. The molecule has 126 valence electrons. The molecule has 0 spiro atoms. The van der Waals surface area contributed by atoms with Crippen molar-refractivity contribution in [3.05, 3.63) is 53.0 Å². The number of benzene rings is 1. The van der Waals surface area contributed by atoms with Gasteiger partial charge in [-0.15, -0.1) is 0 Å². The van der Waals surface area contributed by atoms with Gasteiger partial charge in [0.2, 0.25) is 5.91 Å². The number of carbonyl (C=O) groups is 2. The molecule has 0 unspecified atom stereocenters. The van der Waals surface area contributed by atoms with Gasteiger partial charge in [-0.2, -0.15) is 0 Å². The SMILES string of the molecule is Cc1ccc([C@H](C)NC(=O)N[C@H](C)c2ccc3c(c2)CC(=O)N3)o1. The van der Waals surface area contributed by atoms with E-state index in [1.165, 1.54) is 0 Å². The summed E-state index contributed by atoms with van der Waals surface area (Å²) in [5, 5.41) is 8.57. The molecule has 1 aromatic carbocycles. The summed E-state index contributed by atoms with van der Waals surface area (Å²) in [6, 6.07) is 8.82. The van der Waals surface area contributed by atoms with Crippen LogP contribution in [0.15, 0.2) is 34.7 Å². The third-order valence-electron chi connectivity index (χ3n) is 4.14. The van der Waals surface area contributed by atoms with Crippen molar-refractivity contribution >= 4 is 17.6 Å². The molecule has 0 radical (unpaired) electrons. The van der Waals surface area contributed by atoms with Crippen LogP contribution >= 0.6 is 0 Å². The average Bonchev–Trinajstić information content (AvgIpc) is 3.10. The van der Waals surface area contributed by atoms with Crippen molar-refractivity contribution < 1.29 is 14.0 Å².